The Kier molecular flexibility index (Phi) is 5.35. The Morgan fingerprint density at radius 3 is 2.56 bits per heavy atom. The SMILES string of the molecule is CC(=O)OCC1C[C@@]1(COS(=O)(=O)c1ccc(C)cc1)c1cccc(F)c1. The van der Waals surface area contributed by atoms with Crippen molar-refractivity contribution in [1.82, 2.24) is 0 Å². The highest BCUT2D eigenvalue weighted by molar-refractivity contribution is 7.86. The third-order valence-electron chi connectivity index (χ3n) is 4.90. The van der Waals surface area contributed by atoms with Gasteiger partial charge in [0.25, 0.3) is 10.1 Å². The molecular weight excluding hydrogens is 371 g/mol. The van der Waals surface area contributed by atoms with Gasteiger partial charge in [0.15, 0.2) is 0 Å². The smallest absolute Gasteiger partial charge is 0.302 e. The van der Waals surface area contributed by atoms with E-state index < -0.39 is 27.3 Å². The lowest BCUT2D eigenvalue weighted by Crippen LogP contribution is -2.23. The van der Waals surface area contributed by atoms with E-state index >= 15 is 0 Å². The van der Waals surface area contributed by atoms with Gasteiger partial charge in [-0.05, 0) is 43.2 Å². The van der Waals surface area contributed by atoms with Gasteiger partial charge in [-0.25, -0.2) is 4.39 Å². The molecule has 1 unspecified atom stereocenters. The van der Waals surface area contributed by atoms with Crippen molar-refractivity contribution in [2.24, 2.45) is 5.92 Å². The third-order valence-corrected chi connectivity index (χ3v) is 6.18. The number of hydrogen-bond donors (Lipinski definition) is 0. The lowest BCUT2D eigenvalue weighted by Gasteiger charge is -2.18. The molecule has 1 fully saturated rings. The average molecular weight is 392 g/mol. The molecule has 0 saturated heterocycles. The summed E-state index contributed by atoms with van der Waals surface area (Å²) < 4.78 is 49.1. The highest BCUT2D eigenvalue weighted by Crippen LogP contribution is 2.55. The van der Waals surface area contributed by atoms with Crippen LogP contribution in [0.1, 0.15) is 24.5 Å². The van der Waals surface area contributed by atoms with Gasteiger partial charge >= 0.3 is 5.97 Å². The van der Waals surface area contributed by atoms with E-state index in [1.807, 2.05) is 6.92 Å². The van der Waals surface area contributed by atoms with Crippen LogP contribution in [0.25, 0.3) is 0 Å². The maximum absolute atomic E-state index is 13.7. The molecule has 0 N–H and O–H groups in total. The third kappa shape index (κ3) is 4.36. The Labute approximate surface area is 158 Å². The zero-order valence-electron chi connectivity index (χ0n) is 15.1. The second-order valence-electron chi connectivity index (χ2n) is 6.90. The standard InChI is InChI=1S/C20H21FO5S/c1-14-6-8-19(9-7-14)27(23,24)26-13-20(11-17(20)12-25-15(2)22)16-4-3-5-18(21)10-16/h3-10,17H,11-13H2,1-2H3/t17?,20-/m1/s1. The van der Waals surface area contributed by atoms with E-state index in [2.05, 4.69) is 0 Å². The van der Waals surface area contributed by atoms with E-state index in [1.165, 1.54) is 31.2 Å². The van der Waals surface area contributed by atoms with Crippen LogP contribution >= 0.6 is 0 Å². The van der Waals surface area contributed by atoms with E-state index in [4.69, 9.17) is 8.92 Å². The van der Waals surface area contributed by atoms with Crippen LogP contribution in [0.2, 0.25) is 0 Å². The number of aryl methyl sites for hydroxylation is 1. The van der Waals surface area contributed by atoms with Gasteiger partial charge in [0.1, 0.15) is 5.82 Å². The summed E-state index contributed by atoms with van der Waals surface area (Å²) in [4.78, 5) is 11.2. The highest BCUT2D eigenvalue weighted by Gasteiger charge is 2.56. The number of ether oxygens (including phenoxy) is 1. The van der Waals surface area contributed by atoms with E-state index in [1.54, 1.807) is 24.3 Å². The molecule has 2 aromatic rings. The van der Waals surface area contributed by atoms with Gasteiger partial charge in [0, 0.05) is 18.3 Å². The molecule has 3 rings (SSSR count). The quantitative estimate of drug-likeness (QED) is 0.534. The number of esters is 1. The molecule has 0 spiro atoms. The molecule has 2 atom stereocenters. The molecule has 1 aliphatic rings. The molecule has 1 aliphatic carbocycles. The van der Waals surface area contributed by atoms with Crippen LogP contribution < -0.4 is 0 Å². The Balaban J connectivity index is 1.80. The summed E-state index contributed by atoms with van der Waals surface area (Å²) in [7, 11) is -3.94. The molecule has 2 aromatic carbocycles. The number of carbonyl (C=O) groups excluding carboxylic acids is 1. The van der Waals surface area contributed by atoms with Crippen molar-refractivity contribution in [2.45, 2.75) is 30.6 Å². The van der Waals surface area contributed by atoms with Gasteiger partial charge in [-0.2, -0.15) is 8.42 Å². The molecule has 0 aliphatic heterocycles. The van der Waals surface area contributed by atoms with Crippen molar-refractivity contribution in [1.29, 1.82) is 0 Å². The molecular formula is C20H21FO5S. The van der Waals surface area contributed by atoms with Crippen LogP contribution in [0, 0.1) is 18.7 Å². The van der Waals surface area contributed by atoms with Gasteiger partial charge in [0.05, 0.1) is 18.1 Å². The fourth-order valence-corrected chi connectivity index (χ4v) is 4.16. The van der Waals surface area contributed by atoms with Crippen LogP contribution in [0.4, 0.5) is 4.39 Å². The fraction of sp³-hybridized carbons (Fsp3) is 0.350. The second kappa shape index (κ2) is 7.40. The van der Waals surface area contributed by atoms with Crippen LogP contribution in [-0.2, 0) is 29.2 Å². The van der Waals surface area contributed by atoms with Crippen molar-refractivity contribution in [2.75, 3.05) is 13.2 Å². The van der Waals surface area contributed by atoms with Crippen molar-refractivity contribution in [3.05, 3.63) is 65.5 Å². The van der Waals surface area contributed by atoms with Gasteiger partial charge in [0.2, 0.25) is 0 Å². The summed E-state index contributed by atoms with van der Waals surface area (Å²) in [6.45, 7) is 3.17. The minimum Gasteiger partial charge on any atom is -0.466 e. The van der Waals surface area contributed by atoms with Crippen LogP contribution in [0.3, 0.4) is 0 Å². The summed E-state index contributed by atoms with van der Waals surface area (Å²) in [5.41, 5.74) is 0.877. The van der Waals surface area contributed by atoms with Gasteiger partial charge < -0.3 is 4.74 Å². The topological polar surface area (TPSA) is 69.7 Å². The molecule has 0 amide bonds. The summed E-state index contributed by atoms with van der Waals surface area (Å²) in [5.74, 6) is -0.953. The van der Waals surface area contributed by atoms with Gasteiger partial charge in [-0.15, -0.1) is 0 Å². The monoisotopic (exact) mass is 392 g/mol. The van der Waals surface area contributed by atoms with Gasteiger partial charge in [-0.3, -0.25) is 8.98 Å². The fourth-order valence-electron chi connectivity index (χ4n) is 3.18. The van der Waals surface area contributed by atoms with Crippen molar-refractivity contribution in [3.8, 4) is 0 Å². The Bertz CT molecular complexity index is 939. The Hall–Kier alpha value is -2.25. The zero-order valence-corrected chi connectivity index (χ0v) is 16.0. The minimum absolute atomic E-state index is 0.0691. The molecule has 0 bridgehead atoms. The zero-order chi connectivity index (χ0) is 19.7. The van der Waals surface area contributed by atoms with Crippen LogP contribution in [-0.4, -0.2) is 27.6 Å². The molecule has 144 valence electrons. The lowest BCUT2D eigenvalue weighted by molar-refractivity contribution is -0.141. The Morgan fingerprint density at radius 2 is 1.93 bits per heavy atom. The van der Waals surface area contributed by atoms with E-state index in [9.17, 15) is 17.6 Å². The summed E-state index contributed by atoms with van der Waals surface area (Å²) >= 11 is 0. The predicted octanol–water partition coefficient (Wildman–Crippen LogP) is 3.36. The van der Waals surface area contributed by atoms with E-state index in [0.29, 0.717) is 12.0 Å². The summed E-state index contributed by atoms with van der Waals surface area (Å²) in [5, 5.41) is 0. The summed E-state index contributed by atoms with van der Waals surface area (Å²) in [6.07, 6.45) is 0.549. The molecule has 1 saturated carbocycles. The normalized spacial score (nSPS) is 21.7. The largest absolute Gasteiger partial charge is 0.466 e. The predicted molar refractivity (Wildman–Crippen MR) is 97.1 cm³/mol. The molecule has 27 heavy (non-hydrogen) atoms. The van der Waals surface area contributed by atoms with Crippen molar-refractivity contribution in [3.63, 3.8) is 0 Å². The van der Waals surface area contributed by atoms with Crippen LogP contribution in [0.5, 0.6) is 0 Å². The van der Waals surface area contributed by atoms with E-state index in [0.717, 1.165) is 5.56 Å². The lowest BCUT2D eigenvalue weighted by atomic mass is 9.94. The van der Waals surface area contributed by atoms with Crippen molar-refractivity contribution < 1.29 is 26.5 Å². The highest BCUT2D eigenvalue weighted by atomic mass is 32.2. The first kappa shape index (κ1) is 19.5. The second-order valence-corrected chi connectivity index (χ2v) is 8.51. The number of benzene rings is 2. The number of carbonyl (C=O) groups is 1. The summed E-state index contributed by atoms with van der Waals surface area (Å²) in [6, 6.07) is 12.4. The number of hydrogen-bond acceptors (Lipinski definition) is 5. The number of halogens is 1. The minimum atomic E-state index is -3.94. The molecule has 0 aromatic heterocycles. The maximum atomic E-state index is 13.7. The Morgan fingerprint density at radius 1 is 1.22 bits per heavy atom. The average Bonchev–Trinajstić information content (AvgIpc) is 3.33. The first-order valence-electron chi connectivity index (χ1n) is 8.58. The van der Waals surface area contributed by atoms with Crippen LogP contribution in [0.15, 0.2) is 53.4 Å². The first-order valence-corrected chi connectivity index (χ1v) is 9.99. The molecule has 7 heteroatoms. The first-order chi connectivity index (χ1) is 12.7. The maximum Gasteiger partial charge on any atom is 0.302 e. The molecule has 0 heterocycles. The molecule has 0 radical (unpaired) electrons. The molecule has 5 nitrogen and oxygen atoms in total. The van der Waals surface area contributed by atoms with E-state index in [-0.39, 0.29) is 24.0 Å². The van der Waals surface area contributed by atoms with Gasteiger partial charge in [-0.1, -0.05) is 29.8 Å². The number of rotatable bonds is 7. The van der Waals surface area contributed by atoms with Crippen molar-refractivity contribution >= 4 is 16.1 Å².